The van der Waals surface area contributed by atoms with Crippen LogP contribution >= 0.6 is 0 Å². The summed E-state index contributed by atoms with van der Waals surface area (Å²) in [5.41, 5.74) is 9.13. The molecule has 0 atom stereocenters. The maximum Gasteiger partial charge on any atom is 0.295 e. The molecule has 1 aromatic heterocycles. The van der Waals surface area contributed by atoms with Gasteiger partial charge in [-0.2, -0.15) is 9.83 Å². The molecule has 0 aliphatic heterocycles. The van der Waals surface area contributed by atoms with Crippen LogP contribution in [0, 0.1) is 25.2 Å². The number of fused-ring (bicyclic) bond motifs is 1. The molecule has 4 aromatic rings. The van der Waals surface area contributed by atoms with E-state index in [2.05, 4.69) is 98.5 Å². The predicted octanol–water partition coefficient (Wildman–Crippen LogP) is 5.73. The molecule has 29 heavy (non-hydrogen) atoms. The average Bonchev–Trinajstić information content (AvgIpc) is 3.00. The minimum atomic E-state index is 0.409. The van der Waals surface area contributed by atoms with Crippen molar-refractivity contribution in [2.45, 2.75) is 33.6 Å². The number of hydrogen-bond acceptors (Lipinski definition) is 1. The van der Waals surface area contributed by atoms with Gasteiger partial charge in [0.25, 0.3) is 5.82 Å². The molecular weight excluding hydrogens is 354 g/mol. The van der Waals surface area contributed by atoms with Gasteiger partial charge in [0.2, 0.25) is 0 Å². The van der Waals surface area contributed by atoms with E-state index >= 15 is 0 Å². The van der Waals surface area contributed by atoms with Crippen molar-refractivity contribution in [3.63, 3.8) is 0 Å². The summed E-state index contributed by atoms with van der Waals surface area (Å²) in [6.07, 6.45) is 0. The number of benzene rings is 3. The average molecular weight is 381 g/mol. The monoisotopic (exact) mass is 380 g/mol. The Kier molecular flexibility index (Phi) is 4.72. The Hall–Kier alpha value is -3.38. The number of para-hydroxylation sites is 3. The molecule has 3 aromatic carbocycles. The molecule has 3 heteroatoms. The van der Waals surface area contributed by atoms with E-state index in [0.29, 0.717) is 11.5 Å². The van der Waals surface area contributed by atoms with Crippen molar-refractivity contribution in [1.82, 2.24) is 4.57 Å². The van der Waals surface area contributed by atoms with E-state index in [1.54, 1.807) is 0 Å². The summed E-state index contributed by atoms with van der Waals surface area (Å²) in [4.78, 5) is 0. The number of aromatic nitrogens is 2. The molecule has 0 aliphatic carbocycles. The Balaban J connectivity index is 2.17. The van der Waals surface area contributed by atoms with Crippen LogP contribution in [0.5, 0.6) is 0 Å². The fourth-order valence-electron chi connectivity index (χ4n) is 4.28. The third kappa shape index (κ3) is 3.02. The lowest BCUT2D eigenvalue weighted by molar-refractivity contribution is -0.633. The zero-order valence-electron chi connectivity index (χ0n) is 17.7. The lowest BCUT2D eigenvalue weighted by atomic mass is 9.97. The summed E-state index contributed by atoms with van der Waals surface area (Å²) in [5.74, 6) is 1.54. The van der Waals surface area contributed by atoms with E-state index < -0.39 is 0 Å². The van der Waals surface area contributed by atoms with Gasteiger partial charge in [0.1, 0.15) is 5.69 Å². The van der Waals surface area contributed by atoms with Crippen LogP contribution in [0.25, 0.3) is 28.1 Å². The van der Waals surface area contributed by atoms with Crippen molar-refractivity contribution in [1.29, 1.82) is 5.26 Å². The molecule has 144 valence electrons. The quantitative estimate of drug-likeness (QED) is 0.418. The van der Waals surface area contributed by atoms with Crippen LogP contribution in [0.15, 0.2) is 60.7 Å². The number of nitriles is 1. The summed E-state index contributed by atoms with van der Waals surface area (Å²) in [6, 6.07) is 23.3. The van der Waals surface area contributed by atoms with Gasteiger partial charge in [0.05, 0.1) is 24.2 Å². The third-order valence-corrected chi connectivity index (χ3v) is 5.72. The fourth-order valence-corrected chi connectivity index (χ4v) is 4.28. The zero-order chi connectivity index (χ0) is 20.7. The Morgan fingerprint density at radius 3 is 2.38 bits per heavy atom. The fraction of sp³-hybridized carbons (Fsp3) is 0.231. The summed E-state index contributed by atoms with van der Waals surface area (Å²) < 4.78 is 4.66. The van der Waals surface area contributed by atoms with Crippen LogP contribution in [-0.4, -0.2) is 4.57 Å². The SMILES string of the molecule is Cc1cc(C#N)ccc1-c1n(-c2c(C)cccc2C(C)C)c2ccccc2[n+]1C. The maximum absolute atomic E-state index is 9.30. The first-order chi connectivity index (χ1) is 13.9. The highest BCUT2D eigenvalue weighted by atomic mass is 15.2. The van der Waals surface area contributed by atoms with Gasteiger partial charge in [-0.15, -0.1) is 0 Å². The first kappa shape index (κ1) is 19.0. The first-order valence-electron chi connectivity index (χ1n) is 10.0. The van der Waals surface area contributed by atoms with Crippen LogP contribution < -0.4 is 4.57 Å². The van der Waals surface area contributed by atoms with Crippen molar-refractivity contribution in [3.05, 3.63) is 82.9 Å². The van der Waals surface area contributed by atoms with Crippen LogP contribution in [0.3, 0.4) is 0 Å². The van der Waals surface area contributed by atoms with E-state index in [1.165, 1.54) is 27.8 Å². The summed E-state index contributed by atoms with van der Waals surface area (Å²) in [6.45, 7) is 8.76. The third-order valence-electron chi connectivity index (χ3n) is 5.72. The van der Waals surface area contributed by atoms with Gasteiger partial charge < -0.3 is 0 Å². The van der Waals surface area contributed by atoms with Gasteiger partial charge in [0, 0.05) is 5.56 Å². The molecule has 0 aliphatic rings. The Morgan fingerprint density at radius 2 is 1.69 bits per heavy atom. The smallest absolute Gasteiger partial charge is 0.225 e. The van der Waals surface area contributed by atoms with Gasteiger partial charge in [-0.1, -0.05) is 44.2 Å². The summed E-state index contributed by atoms with van der Waals surface area (Å²) >= 11 is 0. The van der Waals surface area contributed by atoms with Crippen molar-refractivity contribution in [2.75, 3.05) is 0 Å². The molecule has 0 saturated heterocycles. The molecule has 0 unspecified atom stereocenters. The van der Waals surface area contributed by atoms with E-state index in [4.69, 9.17) is 0 Å². The van der Waals surface area contributed by atoms with Crippen LogP contribution in [0.1, 0.15) is 42.0 Å². The molecule has 4 rings (SSSR count). The lowest BCUT2D eigenvalue weighted by Gasteiger charge is -2.15. The highest BCUT2D eigenvalue weighted by Crippen LogP contribution is 2.34. The first-order valence-corrected chi connectivity index (χ1v) is 10.0. The molecule has 0 amide bonds. The highest BCUT2D eigenvalue weighted by molar-refractivity contribution is 5.80. The standard InChI is InChI=1S/C26H26N3/c1-17(2)21-10-8-9-18(3)25(21)29-24-12-7-6-11-23(24)28(5)26(29)22-14-13-20(16-27)15-19(22)4/h6-15,17H,1-5H3/q+1. The highest BCUT2D eigenvalue weighted by Gasteiger charge is 2.29. The number of imidazole rings is 1. The number of rotatable bonds is 3. The van der Waals surface area contributed by atoms with Crippen molar-refractivity contribution in [3.8, 4) is 23.1 Å². The molecule has 0 bridgehead atoms. The molecule has 0 radical (unpaired) electrons. The lowest BCUT2D eigenvalue weighted by Crippen LogP contribution is -2.30. The number of hydrogen-bond donors (Lipinski definition) is 0. The topological polar surface area (TPSA) is 32.6 Å². The number of nitrogens with zero attached hydrogens (tertiary/aromatic N) is 3. The van der Waals surface area contributed by atoms with Gasteiger partial charge in [-0.05, 0) is 61.2 Å². The van der Waals surface area contributed by atoms with Gasteiger partial charge in [-0.25, -0.2) is 4.57 Å². The van der Waals surface area contributed by atoms with Crippen LogP contribution in [-0.2, 0) is 7.05 Å². The molecule has 3 nitrogen and oxygen atoms in total. The minimum Gasteiger partial charge on any atom is -0.225 e. The number of aryl methyl sites for hydroxylation is 3. The molecular formula is C26H26N3+. The Bertz CT molecular complexity index is 1270. The van der Waals surface area contributed by atoms with Gasteiger partial charge in [0.15, 0.2) is 11.0 Å². The second-order valence-corrected chi connectivity index (χ2v) is 8.02. The second-order valence-electron chi connectivity index (χ2n) is 8.02. The molecule has 0 N–H and O–H groups in total. The van der Waals surface area contributed by atoms with Crippen LogP contribution in [0.2, 0.25) is 0 Å². The van der Waals surface area contributed by atoms with E-state index in [1.807, 2.05) is 12.1 Å². The normalized spacial score (nSPS) is 11.2. The molecule has 0 spiro atoms. The van der Waals surface area contributed by atoms with Crippen LogP contribution in [0.4, 0.5) is 0 Å². The van der Waals surface area contributed by atoms with Crippen molar-refractivity contribution in [2.24, 2.45) is 7.05 Å². The van der Waals surface area contributed by atoms with Gasteiger partial charge >= 0.3 is 0 Å². The Labute approximate surface area is 172 Å². The van der Waals surface area contributed by atoms with E-state index in [9.17, 15) is 5.26 Å². The second kappa shape index (κ2) is 7.22. The van der Waals surface area contributed by atoms with Gasteiger partial charge in [-0.3, -0.25) is 0 Å². The maximum atomic E-state index is 9.30. The molecule has 1 heterocycles. The summed E-state index contributed by atoms with van der Waals surface area (Å²) in [7, 11) is 2.12. The van der Waals surface area contributed by atoms with E-state index in [0.717, 1.165) is 17.0 Å². The Morgan fingerprint density at radius 1 is 0.931 bits per heavy atom. The predicted molar refractivity (Wildman–Crippen MR) is 118 cm³/mol. The summed E-state index contributed by atoms with van der Waals surface area (Å²) in [5, 5.41) is 9.30. The van der Waals surface area contributed by atoms with Crippen molar-refractivity contribution < 1.29 is 4.57 Å². The van der Waals surface area contributed by atoms with Crippen molar-refractivity contribution >= 4 is 11.0 Å². The largest absolute Gasteiger partial charge is 0.295 e. The molecule has 0 saturated carbocycles. The molecule has 0 fully saturated rings. The van der Waals surface area contributed by atoms with E-state index in [-0.39, 0.29) is 0 Å². The minimum absolute atomic E-state index is 0.409. The zero-order valence-corrected chi connectivity index (χ0v) is 17.7.